The SMILES string of the molecule is CCCn1c(CCOC)nc2cccnc21. The van der Waals surface area contributed by atoms with Gasteiger partial charge >= 0.3 is 0 Å². The minimum atomic E-state index is 0.701. The number of aryl methyl sites for hydroxylation is 1. The van der Waals surface area contributed by atoms with E-state index in [0.717, 1.165) is 36.4 Å². The molecule has 0 bridgehead atoms. The molecule has 0 saturated heterocycles. The average Bonchev–Trinajstić information content (AvgIpc) is 2.66. The zero-order chi connectivity index (χ0) is 11.4. The van der Waals surface area contributed by atoms with Crippen molar-refractivity contribution in [1.82, 2.24) is 14.5 Å². The number of rotatable bonds is 5. The molecule has 0 aliphatic carbocycles. The molecule has 16 heavy (non-hydrogen) atoms. The summed E-state index contributed by atoms with van der Waals surface area (Å²) in [5.74, 6) is 1.07. The first kappa shape index (κ1) is 11.1. The molecule has 0 radical (unpaired) electrons. The molecule has 4 nitrogen and oxygen atoms in total. The lowest BCUT2D eigenvalue weighted by Crippen LogP contribution is -2.06. The monoisotopic (exact) mass is 219 g/mol. The Hall–Kier alpha value is -1.42. The number of nitrogens with zero attached hydrogens (tertiary/aromatic N) is 3. The van der Waals surface area contributed by atoms with Gasteiger partial charge in [0.25, 0.3) is 0 Å². The second kappa shape index (κ2) is 5.07. The topological polar surface area (TPSA) is 39.9 Å². The molecule has 2 rings (SSSR count). The standard InChI is InChI=1S/C12H17N3O/c1-3-8-15-11(6-9-16-2)14-10-5-4-7-13-12(10)15/h4-5,7H,3,6,8-9H2,1-2H3. The highest BCUT2D eigenvalue weighted by atomic mass is 16.5. The number of hydrogen-bond acceptors (Lipinski definition) is 3. The van der Waals surface area contributed by atoms with Crippen LogP contribution < -0.4 is 0 Å². The third kappa shape index (κ3) is 2.07. The van der Waals surface area contributed by atoms with Crippen LogP contribution in [0.2, 0.25) is 0 Å². The largest absolute Gasteiger partial charge is 0.384 e. The molecule has 4 heteroatoms. The molecule has 86 valence electrons. The van der Waals surface area contributed by atoms with Crippen molar-refractivity contribution in [3.05, 3.63) is 24.2 Å². The number of fused-ring (bicyclic) bond motifs is 1. The molecule has 2 heterocycles. The lowest BCUT2D eigenvalue weighted by atomic mass is 10.4. The first-order valence-electron chi connectivity index (χ1n) is 5.66. The molecule has 0 atom stereocenters. The Morgan fingerprint density at radius 3 is 3.06 bits per heavy atom. The van der Waals surface area contributed by atoms with Crippen molar-refractivity contribution < 1.29 is 4.74 Å². The number of imidazole rings is 1. The zero-order valence-corrected chi connectivity index (χ0v) is 9.81. The Morgan fingerprint density at radius 1 is 1.44 bits per heavy atom. The summed E-state index contributed by atoms with van der Waals surface area (Å²) in [5.41, 5.74) is 1.96. The Kier molecular flexibility index (Phi) is 3.51. The van der Waals surface area contributed by atoms with Gasteiger partial charge in [0.2, 0.25) is 0 Å². The summed E-state index contributed by atoms with van der Waals surface area (Å²) in [6.07, 6.45) is 3.74. The van der Waals surface area contributed by atoms with Gasteiger partial charge in [0.1, 0.15) is 11.3 Å². The van der Waals surface area contributed by atoms with Crippen molar-refractivity contribution in [2.45, 2.75) is 26.3 Å². The van der Waals surface area contributed by atoms with Crippen LogP contribution in [0.4, 0.5) is 0 Å². The van der Waals surface area contributed by atoms with Gasteiger partial charge in [0, 0.05) is 26.3 Å². The van der Waals surface area contributed by atoms with Crippen LogP contribution >= 0.6 is 0 Å². The minimum absolute atomic E-state index is 0.701. The summed E-state index contributed by atoms with van der Waals surface area (Å²) in [6.45, 7) is 3.83. The Labute approximate surface area is 95.3 Å². The summed E-state index contributed by atoms with van der Waals surface area (Å²) < 4.78 is 7.29. The summed E-state index contributed by atoms with van der Waals surface area (Å²) in [7, 11) is 1.71. The first-order chi connectivity index (χ1) is 7.86. The highest BCUT2D eigenvalue weighted by Gasteiger charge is 2.09. The Morgan fingerprint density at radius 2 is 2.31 bits per heavy atom. The van der Waals surface area contributed by atoms with Crippen molar-refractivity contribution in [2.24, 2.45) is 0 Å². The van der Waals surface area contributed by atoms with E-state index in [4.69, 9.17) is 4.74 Å². The molecule has 0 saturated carbocycles. The Balaban J connectivity index is 2.41. The normalized spacial score (nSPS) is 11.1. The predicted molar refractivity (Wildman–Crippen MR) is 63.4 cm³/mol. The highest BCUT2D eigenvalue weighted by molar-refractivity contribution is 5.71. The second-order valence-corrected chi connectivity index (χ2v) is 3.77. The fraction of sp³-hybridized carbons (Fsp3) is 0.500. The fourth-order valence-corrected chi connectivity index (χ4v) is 1.85. The highest BCUT2D eigenvalue weighted by Crippen LogP contribution is 2.14. The third-order valence-corrected chi connectivity index (χ3v) is 2.56. The maximum Gasteiger partial charge on any atom is 0.159 e. The zero-order valence-electron chi connectivity index (χ0n) is 9.81. The van der Waals surface area contributed by atoms with Gasteiger partial charge in [-0.1, -0.05) is 6.92 Å². The number of methoxy groups -OCH3 is 1. The lowest BCUT2D eigenvalue weighted by Gasteiger charge is -2.06. The van der Waals surface area contributed by atoms with E-state index < -0.39 is 0 Å². The van der Waals surface area contributed by atoms with Crippen LogP contribution in [0, 0.1) is 0 Å². The number of ether oxygens (including phenoxy) is 1. The lowest BCUT2D eigenvalue weighted by molar-refractivity contribution is 0.199. The number of pyridine rings is 1. The van der Waals surface area contributed by atoms with Crippen LogP contribution in [0.1, 0.15) is 19.2 Å². The minimum Gasteiger partial charge on any atom is -0.384 e. The van der Waals surface area contributed by atoms with Gasteiger partial charge in [-0.2, -0.15) is 0 Å². The molecule has 0 aromatic carbocycles. The summed E-state index contributed by atoms with van der Waals surface area (Å²) in [5, 5.41) is 0. The summed E-state index contributed by atoms with van der Waals surface area (Å²) in [4.78, 5) is 8.98. The number of aromatic nitrogens is 3. The molecular weight excluding hydrogens is 202 g/mol. The summed E-state index contributed by atoms with van der Waals surface area (Å²) in [6, 6.07) is 3.93. The van der Waals surface area contributed by atoms with E-state index >= 15 is 0 Å². The Bertz CT molecular complexity index is 464. The molecule has 2 aromatic heterocycles. The van der Waals surface area contributed by atoms with Crippen molar-refractivity contribution >= 4 is 11.2 Å². The van der Waals surface area contributed by atoms with Crippen LogP contribution in [0.3, 0.4) is 0 Å². The van der Waals surface area contributed by atoms with Crippen molar-refractivity contribution in [3.8, 4) is 0 Å². The molecule has 0 N–H and O–H groups in total. The molecule has 0 fully saturated rings. The molecular formula is C12H17N3O. The van der Waals surface area contributed by atoms with E-state index in [1.165, 1.54) is 0 Å². The first-order valence-corrected chi connectivity index (χ1v) is 5.66. The van der Waals surface area contributed by atoms with E-state index in [9.17, 15) is 0 Å². The van der Waals surface area contributed by atoms with Crippen molar-refractivity contribution in [2.75, 3.05) is 13.7 Å². The van der Waals surface area contributed by atoms with Gasteiger partial charge in [-0.05, 0) is 18.6 Å². The van der Waals surface area contributed by atoms with Crippen molar-refractivity contribution in [3.63, 3.8) is 0 Å². The van der Waals surface area contributed by atoms with Crippen LogP contribution in [-0.4, -0.2) is 28.3 Å². The molecule has 0 spiro atoms. The van der Waals surface area contributed by atoms with Gasteiger partial charge in [0.05, 0.1) is 6.61 Å². The van der Waals surface area contributed by atoms with Gasteiger partial charge in [-0.15, -0.1) is 0 Å². The van der Waals surface area contributed by atoms with Crippen LogP contribution in [0.15, 0.2) is 18.3 Å². The van der Waals surface area contributed by atoms with Crippen LogP contribution in [0.25, 0.3) is 11.2 Å². The van der Waals surface area contributed by atoms with Crippen molar-refractivity contribution in [1.29, 1.82) is 0 Å². The maximum atomic E-state index is 5.10. The second-order valence-electron chi connectivity index (χ2n) is 3.77. The quantitative estimate of drug-likeness (QED) is 0.772. The van der Waals surface area contributed by atoms with Gasteiger partial charge < -0.3 is 9.30 Å². The fourth-order valence-electron chi connectivity index (χ4n) is 1.85. The average molecular weight is 219 g/mol. The van der Waals surface area contributed by atoms with Gasteiger partial charge in [0.15, 0.2) is 5.65 Å². The third-order valence-electron chi connectivity index (χ3n) is 2.56. The van der Waals surface area contributed by atoms with E-state index in [-0.39, 0.29) is 0 Å². The molecule has 0 aliphatic heterocycles. The van der Waals surface area contributed by atoms with Crippen LogP contribution in [0.5, 0.6) is 0 Å². The van der Waals surface area contributed by atoms with Gasteiger partial charge in [-0.25, -0.2) is 9.97 Å². The smallest absolute Gasteiger partial charge is 0.159 e. The van der Waals surface area contributed by atoms with Gasteiger partial charge in [-0.3, -0.25) is 0 Å². The van der Waals surface area contributed by atoms with E-state index in [1.54, 1.807) is 7.11 Å². The molecule has 0 amide bonds. The van der Waals surface area contributed by atoms with E-state index in [0.29, 0.717) is 6.61 Å². The van der Waals surface area contributed by atoms with E-state index in [1.807, 2.05) is 18.3 Å². The predicted octanol–water partition coefficient (Wildman–Crippen LogP) is 2.03. The summed E-state index contributed by atoms with van der Waals surface area (Å²) >= 11 is 0. The van der Waals surface area contributed by atoms with E-state index in [2.05, 4.69) is 21.5 Å². The number of hydrogen-bond donors (Lipinski definition) is 0. The molecule has 0 unspecified atom stereocenters. The van der Waals surface area contributed by atoms with Crippen LogP contribution in [-0.2, 0) is 17.7 Å². The molecule has 0 aliphatic rings. The molecule has 2 aromatic rings. The maximum absolute atomic E-state index is 5.10.